The highest BCUT2D eigenvalue weighted by atomic mass is 35.5. The minimum Gasteiger partial charge on any atom is -0.443 e. The Labute approximate surface area is 95.5 Å². The molecule has 0 radical (unpaired) electrons. The topological polar surface area (TPSA) is 22.3 Å². The highest BCUT2D eigenvalue weighted by Crippen LogP contribution is 2.27. The van der Waals surface area contributed by atoms with E-state index >= 15 is 0 Å². The zero-order chi connectivity index (χ0) is 11.6. The Hall–Kier alpha value is -0.960. The Morgan fingerprint density at radius 3 is 2.27 bits per heavy atom. The second kappa shape index (κ2) is 4.27. The number of nitrogens with zero attached hydrogens (tertiary/aromatic N) is 1. The molecule has 0 fully saturated rings. The highest BCUT2D eigenvalue weighted by molar-refractivity contribution is 6.31. The van der Waals surface area contributed by atoms with Crippen molar-refractivity contribution in [1.29, 1.82) is 0 Å². The van der Waals surface area contributed by atoms with E-state index in [1.54, 1.807) is 14.2 Å². The molecule has 0 saturated carbocycles. The van der Waals surface area contributed by atoms with Gasteiger partial charge < -0.3 is 4.74 Å². The molecule has 0 aliphatic heterocycles. The Bertz CT molecular complexity index is 358. The lowest BCUT2D eigenvalue weighted by molar-refractivity contribution is -0.887. The number of pyridine rings is 1. The summed E-state index contributed by atoms with van der Waals surface area (Å²) in [6, 6.07) is 1.90. The van der Waals surface area contributed by atoms with Crippen LogP contribution in [-0.4, -0.2) is 14.2 Å². The molecule has 3 nitrogen and oxygen atoms in total. The number of ether oxygens (including phenoxy) is 1. The van der Waals surface area contributed by atoms with E-state index in [4.69, 9.17) is 21.2 Å². The van der Waals surface area contributed by atoms with Crippen molar-refractivity contribution >= 4 is 11.6 Å². The van der Waals surface area contributed by atoms with Crippen LogP contribution in [0.3, 0.4) is 0 Å². The molecule has 0 amide bonds. The third kappa shape index (κ3) is 2.53. The van der Waals surface area contributed by atoms with Gasteiger partial charge in [-0.05, 0) is 11.5 Å². The van der Waals surface area contributed by atoms with Crippen LogP contribution in [0.2, 0.25) is 5.02 Å². The molecule has 0 bridgehead atoms. The fourth-order valence-corrected chi connectivity index (χ4v) is 1.54. The maximum absolute atomic E-state index is 6.09. The van der Waals surface area contributed by atoms with Gasteiger partial charge in [-0.3, -0.25) is 4.84 Å². The summed E-state index contributed by atoms with van der Waals surface area (Å²) in [5, 5.41) is 0.548. The van der Waals surface area contributed by atoms with Crippen molar-refractivity contribution < 1.29 is 14.3 Å². The predicted molar refractivity (Wildman–Crippen MR) is 59.4 cm³/mol. The first-order chi connectivity index (χ1) is 6.90. The monoisotopic (exact) mass is 230 g/mol. The molecule has 4 heteroatoms. The molecule has 1 heterocycles. The number of hydrogen-bond donors (Lipinski definition) is 0. The average molecular weight is 231 g/mol. The van der Waals surface area contributed by atoms with Gasteiger partial charge in [-0.25, -0.2) is 0 Å². The Balaban J connectivity index is 3.32. The van der Waals surface area contributed by atoms with Crippen molar-refractivity contribution in [1.82, 2.24) is 0 Å². The van der Waals surface area contributed by atoms with Crippen molar-refractivity contribution in [2.75, 3.05) is 14.2 Å². The highest BCUT2D eigenvalue weighted by Gasteiger charge is 2.25. The van der Waals surface area contributed by atoms with E-state index in [9.17, 15) is 0 Å². The quantitative estimate of drug-likeness (QED) is 0.726. The van der Waals surface area contributed by atoms with E-state index < -0.39 is 0 Å². The van der Waals surface area contributed by atoms with Crippen molar-refractivity contribution in [3.8, 4) is 5.88 Å². The molecule has 0 aliphatic carbocycles. The molecule has 1 rings (SSSR count). The third-order valence-electron chi connectivity index (χ3n) is 2.20. The van der Waals surface area contributed by atoms with Gasteiger partial charge >= 0.3 is 5.88 Å². The van der Waals surface area contributed by atoms with E-state index in [1.807, 2.05) is 12.3 Å². The summed E-state index contributed by atoms with van der Waals surface area (Å²) < 4.78 is 6.67. The smallest absolute Gasteiger partial charge is 0.435 e. The first-order valence-electron chi connectivity index (χ1n) is 4.74. The first kappa shape index (κ1) is 12.1. The van der Waals surface area contributed by atoms with Gasteiger partial charge in [0, 0.05) is 5.56 Å². The van der Waals surface area contributed by atoms with Gasteiger partial charge in [-0.2, -0.15) is 0 Å². The fourth-order valence-electron chi connectivity index (χ4n) is 1.26. The zero-order valence-corrected chi connectivity index (χ0v) is 10.6. The van der Waals surface area contributed by atoms with E-state index in [0.29, 0.717) is 10.9 Å². The van der Waals surface area contributed by atoms with Gasteiger partial charge in [0.05, 0.1) is 11.8 Å². The lowest BCUT2D eigenvalue weighted by Crippen LogP contribution is -2.43. The van der Waals surface area contributed by atoms with Crippen LogP contribution in [-0.2, 0) is 5.41 Å². The molecular formula is C11H17ClNO2+. The molecule has 0 aliphatic rings. The molecule has 0 aromatic carbocycles. The summed E-state index contributed by atoms with van der Waals surface area (Å²) in [6.07, 6.45) is 1.88. The van der Waals surface area contributed by atoms with Crippen molar-refractivity contribution in [2.45, 2.75) is 26.2 Å². The summed E-state index contributed by atoms with van der Waals surface area (Å²) in [5.74, 6) is 0.507. The van der Waals surface area contributed by atoms with Crippen molar-refractivity contribution in [2.24, 2.45) is 0 Å². The second-order valence-electron chi connectivity index (χ2n) is 4.34. The van der Waals surface area contributed by atoms with Crippen LogP contribution < -0.4 is 14.3 Å². The summed E-state index contributed by atoms with van der Waals surface area (Å²) in [6.45, 7) is 6.35. The molecule has 0 atom stereocenters. The SMILES string of the molecule is COc1c(Cl)cc(C(C)(C)C)c[n+]1OC. The van der Waals surface area contributed by atoms with E-state index in [-0.39, 0.29) is 5.41 Å². The maximum atomic E-state index is 6.09. The lowest BCUT2D eigenvalue weighted by Gasteiger charge is -2.17. The molecular weight excluding hydrogens is 214 g/mol. The number of rotatable bonds is 2. The van der Waals surface area contributed by atoms with Crippen LogP contribution in [0.5, 0.6) is 5.88 Å². The van der Waals surface area contributed by atoms with Gasteiger partial charge in [0.1, 0.15) is 7.11 Å². The number of methoxy groups -OCH3 is 1. The fraction of sp³-hybridized carbons (Fsp3) is 0.545. The molecule has 84 valence electrons. The van der Waals surface area contributed by atoms with Gasteiger partial charge in [0.15, 0.2) is 5.02 Å². The summed E-state index contributed by atoms with van der Waals surface area (Å²) in [7, 11) is 3.14. The van der Waals surface area contributed by atoms with Crippen LogP contribution in [0.1, 0.15) is 26.3 Å². The minimum absolute atomic E-state index is 0.0240. The molecule has 0 saturated heterocycles. The van der Waals surface area contributed by atoms with Crippen molar-refractivity contribution in [3.05, 3.63) is 22.8 Å². The Morgan fingerprint density at radius 1 is 1.27 bits per heavy atom. The Kier molecular flexibility index (Phi) is 3.45. The molecule has 1 aromatic rings. The van der Waals surface area contributed by atoms with E-state index in [0.717, 1.165) is 5.56 Å². The van der Waals surface area contributed by atoms with E-state index in [2.05, 4.69) is 20.8 Å². The zero-order valence-electron chi connectivity index (χ0n) is 9.80. The van der Waals surface area contributed by atoms with Crippen LogP contribution in [0.4, 0.5) is 0 Å². The largest absolute Gasteiger partial charge is 0.443 e. The number of aromatic nitrogens is 1. The van der Waals surface area contributed by atoms with Gasteiger partial charge in [-0.1, -0.05) is 32.4 Å². The minimum atomic E-state index is 0.0240. The molecule has 0 spiro atoms. The molecule has 1 aromatic heterocycles. The van der Waals surface area contributed by atoms with Gasteiger partial charge in [0.25, 0.3) is 0 Å². The number of hydrogen-bond acceptors (Lipinski definition) is 2. The maximum Gasteiger partial charge on any atom is 0.435 e. The van der Waals surface area contributed by atoms with E-state index in [1.165, 1.54) is 4.73 Å². The van der Waals surface area contributed by atoms with Gasteiger partial charge in [0.2, 0.25) is 6.20 Å². The molecule has 0 N–H and O–H groups in total. The van der Waals surface area contributed by atoms with Crippen LogP contribution in [0.15, 0.2) is 12.3 Å². The second-order valence-corrected chi connectivity index (χ2v) is 4.75. The van der Waals surface area contributed by atoms with Crippen LogP contribution in [0.25, 0.3) is 0 Å². The van der Waals surface area contributed by atoms with Crippen LogP contribution in [0, 0.1) is 0 Å². The lowest BCUT2D eigenvalue weighted by atomic mass is 9.88. The third-order valence-corrected chi connectivity index (χ3v) is 2.47. The predicted octanol–water partition coefficient (Wildman–Crippen LogP) is 1.99. The normalized spacial score (nSPS) is 11.3. The summed E-state index contributed by atoms with van der Waals surface area (Å²) >= 11 is 6.09. The molecule has 0 unspecified atom stereocenters. The van der Waals surface area contributed by atoms with Crippen molar-refractivity contribution in [3.63, 3.8) is 0 Å². The standard InChI is InChI=1S/C11H17ClNO2/c1-11(2,3)8-6-9(12)10(14-4)13(7-8)15-5/h6-7H,1-5H3/q+1. The molecule has 15 heavy (non-hydrogen) atoms. The Morgan fingerprint density at radius 2 is 1.87 bits per heavy atom. The average Bonchev–Trinajstić information content (AvgIpc) is 2.15. The summed E-state index contributed by atoms with van der Waals surface area (Å²) in [4.78, 5) is 5.16. The van der Waals surface area contributed by atoms with Gasteiger partial charge in [-0.15, -0.1) is 0 Å². The van der Waals surface area contributed by atoms with Crippen LogP contribution >= 0.6 is 11.6 Å². The number of halogens is 1. The first-order valence-corrected chi connectivity index (χ1v) is 5.12. The summed E-state index contributed by atoms with van der Waals surface area (Å²) in [5.41, 5.74) is 1.12.